The van der Waals surface area contributed by atoms with Crippen molar-refractivity contribution < 1.29 is 9.53 Å². The molecule has 20 heavy (non-hydrogen) atoms. The summed E-state index contributed by atoms with van der Waals surface area (Å²) in [6.07, 6.45) is 4.44. The molecule has 4 nitrogen and oxygen atoms in total. The second kappa shape index (κ2) is 5.83. The van der Waals surface area contributed by atoms with Crippen LogP contribution in [0.5, 0.6) is 5.75 Å². The van der Waals surface area contributed by atoms with Gasteiger partial charge in [0, 0.05) is 19.1 Å². The minimum atomic E-state index is 0.235. The molecule has 1 fully saturated rings. The van der Waals surface area contributed by atoms with Crippen molar-refractivity contribution in [3.8, 4) is 5.75 Å². The predicted octanol–water partition coefficient (Wildman–Crippen LogP) is 1.89. The van der Waals surface area contributed by atoms with E-state index >= 15 is 0 Å². The Bertz CT molecular complexity index is 495. The second-order valence-electron chi connectivity index (χ2n) is 5.62. The molecule has 1 atom stereocenters. The molecular weight excluding hydrogens is 252 g/mol. The van der Waals surface area contributed by atoms with Gasteiger partial charge in [-0.1, -0.05) is 6.07 Å². The van der Waals surface area contributed by atoms with Crippen LogP contribution in [0, 0.1) is 0 Å². The number of carbonyl (C=O) groups excluding carboxylic acids is 1. The van der Waals surface area contributed by atoms with Gasteiger partial charge in [0.25, 0.3) is 0 Å². The topological polar surface area (TPSA) is 41.6 Å². The van der Waals surface area contributed by atoms with Crippen LogP contribution in [-0.2, 0) is 11.2 Å². The molecule has 0 aromatic heterocycles. The summed E-state index contributed by atoms with van der Waals surface area (Å²) in [6.45, 7) is 2.30. The van der Waals surface area contributed by atoms with E-state index in [4.69, 9.17) is 4.74 Å². The third-order valence-corrected chi connectivity index (χ3v) is 4.39. The summed E-state index contributed by atoms with van der Waals surface area (Å²) in [5.74, 6) is 1.13. The highest BCUT2D eigenvalue weighted by Gasteiger charge is 2.24. The third-order valence-electron chi connectivity index (χ3n) is 4.39. The molecule has 0 saturated carbocycles. The van der Waals surface area contributed by atoms with Gasteiger partial charge < -0.3 is 15.0 Å². The molecule has 3 rings (SSSR count). The normalized spacial score (nSPS) is 21.1. The number of hydrogen-bond acceptors (Lipinski definition) is 3. The maximum atomic E-state index is 12.1. The number of aryl methyl sites for hydroxylation is 1. The van der Waals surface area contributed by atoms with Gasteiger partial charge in [-0.05, 0) is 48.9 Å². The van der Waals surface area contributed by atoms with Crippen LogP contribution in [-0.4, -0.2) is 37.6 Å². The largest absolute Gasteiger partial charge is 0.497 e. The van der Waals surface area contributed by atoms with Crippen LogP contribution in [0.2, 0.25) is 0 Å². The zero-order chi connectivity index (χ0) is 13.9. The summed E-state index contributed by atoms with van der Waals surface area (Å²) in [4.78, 5) is 14.0. The van der Waals surface area contributed by atoms with Gasteiger partial charge in [-0.15, -0.1) is 0 Å². The average Bonchev–Trinajstić information content (AvgIpc) is 3.13. The van der Waals surface area contributed by atoms with Crippen molar-refractivity contribution in [2.24, 2.45) is 0 Å². The molecule has 1 aliphatic carbocycles. The van der Waals surface area contributed by atoms with Crippen LogP contribution >= 0.6 is 0 Å². The molecule has 1 aliphatic heterocycles. The van der Waals surface area contributed by atoms with E-state index < -0.39 is 0 Å². The zero-order valence-electron chi connectivity index (χ0n) is 12.0. The van der Waals surface area contributed by atoms with Gasteiger partial charge >= 0.3 is 0 Å². The minimum Gasteiger partial charge on any atom is -0.497 e. The Morgan fingerprint density at radius 1 is 1.40 bits per heavy atom. The fourth-order valence-corrected chi connectivity index (χ4v) is 3.21. The summed E-state index contributed by atoms with van der Waals surface area (Å²) >= 11 is 0. The third kappa shape index (κ3) is 2.66. The number of ether oxygens (including phenoxy) is 1. The van der Waals surface area contributed by atoms with Gasteiger partial charge in [0.05, 0.1) is 13.7 Å². The second-order valence-corrected chi connectivity index (χ2v) is 5.62. The van der Waals surface area contributed by atoms with E-state index in [-0.39, 0.29) is 11.9 Å². The Kier molecular flexibility index (Phi) is 3.92. The van der Waals surface area contributed by atoms with Crippen LogP contribution in [0.25, 0.3) is 0 Å². The molecule has 1 N–H and O–H groups in total. The van der Waals surface area contributed by atoms with E-state index in [0.717, 1.165) is 44.5 Å². The molecule has 0 spiro atoms. The maximum Gasteiger partial charge on any atom is 0.236 e. The number of amides is 1. The number of nitrogens with one attached hydrogen (secondary N) is 1. The minimum absolute atomic E-state index is 0.235. The Hall–Kier alpha value is -1.55. The summed E-state index contributed by atoms with van der Waals surface area (Å²) in [6, 6.07) is 6.53. The molecule has 1 amide bonds. The number of likely N-dealkylation sites (tertiary alicyclic amines) is 1. The Morgan fingerprint density at radius 3 is 2.95 bits per heavy atom. The number of benzene rings is 1. The smallest absolute Gasteiger partial charge is 0.236 e. The van der Waals surface area contributed by atoms with E-state index in [2.05, 4.69) is 17.4 Å². The quantitative estimate of drug-likeness (QED) is 0.911. The monoisotopic (exact) mass is 274 g/mol. The van der Waals surface area contributed by atoms with Gasteiger partial charge in [-0.3, -0.25) is 4.79 Å². The first-order valence-corrected chi connectivity index (χ1v) is 7.46. The Morgan fingerprint density at radius 2 is 2.20 bits per heavy atom. The molecule has 1 aromatic carbocycles. The van der Waals surface area contributed by atoms with Crippen LogP contribution in [0.15, 0.2) is 18.2 Å². The SMILES string of the molecule is COc1ccc2c(c1)C(NCC(=O)N1CCCC1)CC2. The lowest BCUT2D eigenvalue weighted by Crippen LogP contribution is -2.37. The highest BCUT2D eigenvalue weighted by atomic mass is 16.5. The first-order chi connectivity index (χ1) is 9.78. The number of nitrogens with zero attached hydrogens (tertiary/aromatic N) is 1. The number of hydrogen-bond donors (Lipinski definition) is 1. The molecule has 2 aliphatic rings. The van der Waals surface area contributed by atoms with Gasteiger partial charge in [0.1, 0.15) is 5.75 Å². The predicted molar refractivity (Wildman–Crippen MR) is 77.9 cm³/mol. The standard InChI is InChI=1S/C16H22N2O2/c1-20-13-6-4-12-5-7-15(14(12)10-13)17-11-16(19)18-8-2-3-9-18/h4,6,10,15,17H,2-3,5,7-9,11H2,1H3. The molecule has 0 radical (unpaired) electrons. The zero-order valence-corrected chi connectivity index (χ0v) is 12.0. The molecule has 1 unspecified atom stereocenters. The van der Waals surface area contributed by atoms with E-state index in [1.165, 1.54) is 11.1 Å². The molecule has 0 bridgehead atoms. The molecule has 108 valence electrons. The van der Waals surface area contributed by atoms with Gasteiger partial charge in [-0.2, -0.15) is 0 Å². The van der Waals surface area contributed by atoms with Crippen molar-refractivity contribution in [1.82, 2.24) is 10.2 Å². The molecular formula is C16H22N2O2. The number of fused-ring (bicyclic) bond motifs is 1. The molecule has 1 aromatic rings. The van der Waals surface area contributed by atoms with E-state index in [1.807, 2.05) is 11.0 Å². The molecule has 4 heteroatoms. The highest BCUT2D eigenvalue weighted by Crippen LogP contribution is 2.33. The van der Waals surface area contributed by atoms with Gasteiger partial charge in [0.15, 0.2) is 0 Å². The Labute approximate surface area is 120 Å². The van der Waals surface area contributed by atoms with E-state index in [1.54, 1.807) is 7.11 Å². The van der Waals surface area contributed by atoms with Crippen LogP contribution in [0.4, 0.5) is 0 Å². The van der Waals surface area contributed by atoms with Crippen molar-refractivity contribution in [3.63, 3.8) is 0 Å². The lowest BCUT2D eigenvalue weighted by Gasteiger charge is -2.19. The summed E-state index contributed by atoms with van der Waals surface area (Å²) in [5, 5.41) is 3.42. The van der Waals surface area contributed by atoms with Crippen LogP contribution < -0.4 is 10.1 Å². The average molecular weight is 274 g/mol. The Balaban J connectivity index is 1.61. The lowest BCUT2D eigenvalue weighted by atomic mass is 10.1. The van der Waals surface area contributed by atoms with Crippen molar-refractivity contribution in [2.75, 3.05) is 26.7 Å². The fourth-order valence-electron chi connectivity index (χ4n) is 3.21. The van der Waals surface area contributed by atoms with Gasteiger partial charge in [-0.25, -0.2) is 0 Å². The first-order valence-electron chi connectivity index (χ1n) is 7.46. The summed E-state index contributed by atoms with van der Waals surface area (Å²) < 4.78 is 5.29. The number of carbonyl (C=O) groups is 1. The van der Waals surface area contributed by atoms with Crippen molar-refractivity contribution >= 4 is 5.91 Å². The first kappa shape index (κ1) is 13.4. The summed E-state index contributed by atoms with van der Waals surface area (Å²) in [5.41, 5.74) is 2.66. The van der Waals surface area contributed by atoms with E-state index in [9.17, 15) is 4.79 Å². The highest BCUT2D eigenvalue weighted by molar-refractivity contribution is 5.78. The van der Waals surface area contributed by atoms with Gasteiger partial charge in [0.2, 0.25) is 5.91 Å². The molecule has 1 saturated heterocycles. The van der Waals surface area contributed by atoms with Crippen molar-refractivity contribution in [2.45, 2.75) is 31.7 Å². The maximum absolute atomic E-state index is 12.1. The fraction of sp³-hybridized carbons (Fsp3) is 0.562. The van der Waals surface area contributed by atoms with Crippen LogP contribution in [0.3, 0.4) is 0 Å². The van der Waals surface area contributed by atoms with E-state index in [0.29, 0.717) is 6.54 Å². The molecule has 1 heterocycles. The summed E-state index contributed by atoms with van der Waals surface area (Å²) in [7, 11) is 1.69. The lowest BCUT2D eigenvalue weighted by molar-refractivity contribution is -0.129. The van der Waals surface area contributed by atoms with Crippen molar-refractivity contribution in [3.05, 3.63) is 29.3 Å². The number of methoxy groups -OCH3 is 1. The number of rotatable bonds is 4. The van der Waals surface area contributed by atoms with Crippen LogP contribution in [0.1, 0.15) is 36.4 Å². The van der Waals surface area contributed by atoms with Crippen molar-refractivity contribution in [1.29, 1.82) is 0 Å².